The minimum Gasteiger partial charge on any atom is -0.478 e. The smallest absolute Gasteiger partial charge is 0.335 e. The summed E-state index contributed by atoms with van der Waals surface area (Å²) in [5, 5.41) is 20.2. The fraction of sp³-hybridized carbons (Fsp3) is 0.632. The second kappa shape index (κ2) is 6.54. The Morgan fingerprint density at radius 3 is 2.35 bits per heavy atom. The summed E-state index contributed by atoms with van der Waals surface area (Å²) in [7, 11) is 0. The minimum atomic E-state index is -1.15. The highest BCUT2D eigenvalue weighted by molar-refractivity contribution is 5.88. The molecule has 0 radical (unpaired) electrons. The quantitative estimate of drug-likeness (QED) is 0.343. The maximum absolute atomic E-state index is 11.1. The monoisotopic (exact) mass is 361 g/mol. The van der Waals surface area contributed by atoms with Crippen LogP contribution in [0.25, 0.3) is 0 Å². The number of nitro groups is 1. The molecule has 7 heteroatoms. The van der Waals surface area contributed by atoms with Crippen LogP contribution in [0.1, 0.15) is 48.9 Å². The van der Waals surface area contributed by atoms with E-state index in [1.54, 1.807) is 0 Å². The number of nitrogens with zero attached hydrogens (tertiary/aromatic N) is 1. The molecule has 4 fully saturated rings. The number of ether oxygens (including phenoxy) is 2. The number of carbonyl (C=O) groups is 1. The molecule has 7 nitrogen and oxygen atoms in total. The Morgan fingerprint density at radius 2 is 1.81 bits per heavy atom. The second-order valence-corrected chi connectivity index (χ2v) is 8.27. The number of carboxylic acids is 1. The zero-order valence-corrected chi connectivity index (χ0v) is 14.6. The van der Waals surface area contributed by atoms with E-state index >= 15 is 0 Å². The average Bonchev–Trinajstić information content (AvgIpc) is 2.57. The molecular weight excluding hydrogens is 338 g/mol. The normalized spacial score (nSPS) is 31.8. The first kappa shape index (κ1) is 17.3. The molecule has 0 saturated heterocycles. The van der Waals surface area contributed by atoms with Crippen molar-refractivity contribution >= 4 is 11.7 Å². The molecule has 4 saturated carbocycles. The van der Waals surface area contributed by atoms with E-state index in [0.29, 0.717) is 6.61 Å². The van der Waals surface area contributed by atoms with E-state index in [2.05, 4.69) is 0 Å². The molecule has 1 aromatic carbocycles. The van der Waals surface area contributed by atoms with Crippen molar-refractivity contribution in [2.24, 2.45) is 23.2 Å². The molecule has 0 aliphatic heterocycles. The van der Waals surface area contributed by atoms with Gasteiger partial charge in [-0.1, -0.05) is 0 Å². The summed E-state index contributed by atoms with van der Waals surface area (Å²) in [6.07, 6.45) is 7.74. The Hall–Kier alpha value is -2.15. The van der Waals surface area contributed by atoms with Gasteiger partial charge in [-0.05, 0) is 67.8 Å². The molecule has 1 N–H and O–H groups in total. The van der Waals surface area contributed by atoms with Crippen LogP contribution in [0.5, 0.6) is 5.75 Å². The van der Waals surface area contributed by atoms with E-state index in [1.807, 2.05) is 0 Å². The van der Waals surface area contributed by atoms with Crippen LogP contribution in [0.3, 0.4) is 0 Å². The van der Waals surface area contributed by atoms with Crippen LogP contribution in [0, 0.1) is 33.3 Å². The highest BCUT2D eigenvalue weighted by Gasteiger charge is 2.50. The predicted molar refractivity (Wildman–Crippen MR) is 92.1 cm³/mol. The Labute approximate surface area is 151 Å². The highest BCUT2D eigenvalue weighted by atomic mass is 16.7. The summed E-state index contributed by atoms with van der Waals surface area (Å²) in [5.74, 6) is 1.27. The SMILES string of the molecule is O=C(O)c1ccc([N+](=O)[O-])c(OCOCC23CC4CC(CC(C4)C2)C3)c1. The van der Waals surface area contributed by atoms with Crippen molar-refractivity contribution in [2.45, 2.75) is 38.5 Å². The van der Waals surface area contributed by atoms with Gasteiger partial charge < -0.3 is 14.6 Å². The van der Waals surface area contributed by atoms with E-state index < -0.39 is 10.9 Å². The van der Waals surface area contributed by atoms with Gasteiger partial charge in [0.15, 0.2) is 6.79 Å². The summed E-state index contributed by atoms with van der Waals surface area (Å²) >= 11 is 0. The number of carboxylic acid groups (broad SMARTS) is 1. The average molecular weight is 361 g/mol. The first-order valence-electron chi connectivity index (χ1n) is 9.16. The molecule has 4 aliphatic rings. The number of hydrogen-bond acceptors (Lipinski definition) is 5. The molecule has 4 aliphatic carbocycles. The van der Waals surface area contributed by atoms with E-state index in [9.17, 15) is 14.9 Å². The molecule has 5 rings (SSSR count). The molecule has 140 valence electrons. The summed E-state index contributed by atoms with van der Waals surface area (Å²) in [6, 6.07) is 3.52. The van der Waals surface area contributed by atoms with Gasteiger partial charge in [0.25, 0.3) is 0 Å². The maximum Gasteiger partial charge on any atom is 0.335 e. The zero-order valence-electron chi connectivity index (χ0n) is 14.6. The van der Waals surface area contributed by atoms with Gasteiger partial charge in [-0.25, -0.2) is 4.79 Å². The number of nitro benzene ring substituents is 1. The van der Waals surface area contributed by atoms with Crippen molar-refractivity contribution < 1.29 is 24.3 Å². The molecular formula is C19H23NO6. The van der Waals surface area contributed by atoms with Crippen molar-refractivity contribution in [3.63, 3.8) is 0 Å². The third-order valence-electron chi connectivity index (χ3n) is 6.27. The van der Waals surface area contributed by atoms with E-state index in [0.717, 1.165) is 23.8 Å². The van der Waals surface area contributed by atoms with E-state index in [1.165, 1.54) is 50.7 Å². The van der Waals surface area contributed by atoms with Crippen molar-refractivity contribution in [2.75, 3.05) is 13.4 Å². The summed E-state index contributed by atoms with van der Waals surface area (Å²) in [5.41, 5.74) is -0.0625. The molecule has 0 unspecified atom stereocenters. The molecule has 0 aromatic heterocycles. The molecule has 0 amide bonds. The number of rotatable bonds is 7. The lowest BCUT2D eigenvalue weighted by Crippen LogP contribution is -2.48. The van der Waals surface area contributed by atoms with Gasteiger partial charge >= 0.3 is 11.7 Å². The maximum atomic E-state index is 11.1. The van der Waals surface area contributed by atoms with Gasteiger partial charge in [0.1, 0.15) is 0 Å². The summed E-state index contributed by atoms with van der Waals surface area (Å²) in [4.78, 5) is 21.6. The Bertz CT molecular complexity index is 695. The fourth-order valence-electron chi connectivity index (χ4n) is 5.74. The second-order valence-electron chi connectivity index (χ2n) is 8.27. The first-order valence-corrected chi connectivity index (χ1v) is 9.16. The van der Waals surface area contributed by atoms with Crippen LogP contribution in [-0.2, 0) is 4.74 Å². The largest absolute Gasteiger partial charge is 0.478 e. The van der Waals surface area contributed by atoms with Crippen molar-refractivity contribution in [1.29, 1.82) is 0 Å². The van der Waals surface area contributed by atoms with Gasteiger partial charge in [-0.3, -0.25) is 10.1 Å². The van der Waals surface area contributed by atoms with Crippen LogP contribution in [0.15, 0.2) is 18.2 Å². The van der Waals surface area contributed by atoms with Crippen LogP contribution in [0.4, 0.5) is 5.69 Å². The molecule has 26 heavy (non-hydrogen) atoms. The van der Waals surface area contributed by atoms with Crippen molar-refractivity contribution in [3.05, 3.63) is 33.9 Å². The van der Waals surface area contributed by atoms with Gasteiger partial charge in [-0.15, -0.1) is 0 Å². The van der Waals surface area contributed by atoms with Gasteiger partial charge in [-0.2, -0.15) is 0 Å². The lowest BCUT2D eigenvalue weighted by molar-refractivity contribution is -0.386. The van der Waals surface area contributed by atoms with Crippen LogP contribution in [0.2, 0.25) is 0 Å². The molecule has 0 heterocycles. The Balaban J connectivity index is 1.37. The zero-order chi connectivity index (χ0) is 18.3. The van der Waals surface area contributed by atoms with E-state index in [4.69, 9.17) is 14.6 Å². The first-order chi connectivity index (χ1) is 12.4. The molecule has 0 atom stereocenters. The number of benzene rings is 1. The summed E-state index contributed by atoms with van der Waals surface area (Å²) in [6.45, 7) is 0.509. The summed E-state index contributed by atoms with van der Waals surface area (Å²) < 4.78 is 11.2. The standard InChI is InChI=1S/C19H23NO6/c21-18(22)15-1-2-16(20(23)24)17(6-15)26-11-25-10-19-7-12-3-13(8-19)5-14(4-12)9-19/h1-2,6,12-14H,3-5,7-11H2,(H,21,22). The van der Waals surface area contributed by atoms with Gasteiger partial charge in [0.2, 0.25) is 5.75 Å². The van der Waals surface area contributed by atoms with Crippen molar-refractivity contribution in [1.82, 2.24) is 0 Å². The highest BCUT2D eigenvalue weighted by Crippen LogP contribution is 2.60. The number of aromatic carboxylic acids is 1. The third-order valence-corrected chi connectivity index (χ3v) is 6.27. The molecule has 0 spiro atoms. The predicted octanol–water partition coefficient (Wildman–Crippen LogP) is 3.86. The number of hydrogen-bond donors (Lipinski definition) is 1. The van der Waals surface area contributed by atoms with Crippen molar-refractivity contribution in [3.8, 4) is 5.75 Å². The van der Waals surface area contributed by atoms with Crippen LogP contribution < -0.4 is 4.74 Å². The minimum absolute atomic E-state index is 0.0494. The lowest BCUT2D eigenvalue weighted by Gasteiger charge is -2.56. The Morgan fingerprint density at radius 1 is 1.19 bits per heavy atom. The van der Waals surface area contributed by atoms with Gasteiger partial charge in [0.05, 0.1) is 17.1 Å². The topological polar surface area (TPSA) is 98.9 Å². The molecule has 4 bridgehead atoms. The van der Waals surface area contributed by atoms with Gasteiger partial charge in [0, 0.05) is 12.1 Å². The van der Waals surface area contributed by atoms with E-state index in [-0.39, 0.29) is 29.2 Å². The lowest BCUT2D eigenvalue weighted by atomic mass is 9.50. The molecule has 1 aromatic rings. The van der Waals surface area contributed by atoms with Crippen LogP contribution >= 0.6 is 0 Å². The van der Waals surface area contributed by atoms with Crippen LogP contribution in [-0.4, -0.2) is 29.4 Å². The Kier molecular flexibility index (Phi) is 4.34. The fourth-order valence-corrected chi connectivity index (χ4v) is 5.74. The third kappa shape index (κ3) is 3.28.